The predicted octanol–water partition coefficient (Wildman–Crippen LogP) is 7.63. The zero-order valence-electron chi connectivity index (χ0n) is 22.4. The molecule has 0 saturated heterocycles. The maximum atomic E-state index is 3.77. The second kappa shape index (κ2) is 14.0. The predicted molar refractivity (Wildman–Crippen MR) is 144 cm³/mol. The van der Waals surface area contributed by atoms with E-state index in [4.69, 9.17) is 0 Å². The molecule has 0 heterocycles. The summed E-state index contributed by atoms with van der Waals surface area (Å²) in [5, 5.41) is 7.54. The molecule has 0 spiro atoms. The van der Waals surface area contributed by atoms with Crippen molar-refractivity contribution in [2.24, 2.45) is 0 Å². The molecule has 2 rings (SSSR count). The Morgan fingerprint density at radius 3 is 1.09 bits per heavy atom. The van der Waals surface area contributed by atoms with Crippen molar-refractivity contribution in [2.45, 2.75) is 79.1 Å². The Kier molecular flexibility index (Phi) is 12.6. The smallest absolute Gasteiger partial charge is 0.0410 e. The summed E-state index contributed by atoms with van der Waals surface area (Å²) in [7, 11) is 2.22. The van der Waals surface area contributed by atoms with E-state index in [9.17, 15) is 0 Å². The van der Waals surface area contributed by atoms with Crippen LogP contribution in [0.3, 0.4) is 0 Å². The van der Waals surface area contributed by atoms with Gasteiger partial charge in [-0.3, -0.25) is 0 Å². The molecule has 0 aliphatic rings. The van der Waals surface area contributed by atoms with Gasteiger partial charge >= 0.3 is 0 Å². The van der Waals surface area contributed by atoms with Gasteiger partial charge in [0.15, 0.2) is 0 Å². The monoisotopic (exact) mass is 496 g/mol. The molecule has 2 N–H and O–H groups in total. The summed E-state index contributed by atoms with van der Waals surface area (Å²) in [5.41, 5.74) is 8.38. The Morgan fingerprint density at radius 2 is 0.848 bits per heavy atom. The maximum Gasteiger partial charge on any atom is 0.0410 e. The van der Waals surface area contributed by atoms with Gasteiger partial charge < -0.3 is 15.5 Å². The van der Waals surface area contributed by atoms with Gasteiger partial charge in [0.1, 0.15) is 0 Å². The fourth-order valence-corrected chi connectivity index (χ4v) is 4.37. The molecule has 0 unspecified atom stereocenters. The van der Waals surface area contributed by atoms with Gasteiger partial charge in [-0.05, 0) is 53.0 Å². The third-order valence-corrected chi connectivity index (χ3v) is 6.34. The molecule has 0 fully saturated rings. The molecule has 187 valence electrons. The second-order valence-corrected chi connectivity index (χ2v) is 10.4. The molecule has 0 atom stereocenters. The van der Waals surface area contributed by atoms with E-state index in [1.807, 2.05) is 0 Å². The summed E-state index contributed by atoms with van der Waals surface area (Å²) in [6.07, 6.45) is 0. The summed E-state index contributed by atoms with van der Waals surface area (Å²) in [4.78, 5) is 2.42. The summed E-state index contributed by atoms with van der Waals surface area (Å²) >= 11 is 0. The Hall–Kier alpha value is -1.49. The minimum absolute atomic E-state index is 0. The van der Waals surface area contributed by atoms with Gasteiger partial charge in [-0.15, -0.1) is 0 Å². The number of para-hydroxylation sites is 2. The quantitative estimate of drug-likeness (QED) is 0.316. The zero-order valence-corrected chi connectivity index (χ0v) is 23.4. The van der Waals surface area contributed by atoms with E-state index in [2.05, 4.69) is 114 Å². The van der Waals surface area contributed by atoms with Crippen LogP contribution in [-0.4, -0.2) is 38.1 Å². The van der Waals surface area contributed by atoms with Crippen LogP contribution in [0.5, 0.6) is 0 Å². The van der Waals surface area contributed by atoms with Crippen molar-refractivity contribution in [3.8, 4) is 0 Å². The van der Waals surface area contributed by atoms with Crippen LogP contribution in [-0.2, 0) is 16.8 Å². The number of hydrogen-bond donors (Lipinski definition) is 2. The summed E-state index contributed by atoms with van der Waals surface area (Å²) in [5.74, 6) is 2.09. The van der Waals surface area contributed by atoms with Crippen molar-refractivity contribution in [3.05, 3.63) is 58.7 Å². The average Bonchev–Trinajstić information content (AvgIpc) is 2.73. The molecular formula is C29H47CoN3. The van der Waals surface area contributed by atoms with E-state index < -0.39 is 0 Å². The summed E-state index contributed by atoms with van der Waals surface area (Å²) < 4.78 is 0. The van der Waals surface area contributed by atoms with Crippen LogP contribution in [0.4, 0.5) is 11.4 Å². The Morgan fingerprint density at radius 1 is 0.576 bits per heavy atom. The van der Waals surface area contributed by atoms with Crippen molar-refractivity contribution in [1.82, 2.24) is 4.90 Å². The number of benzene rings is 2. The Bertz CT molecular complexity index is 721. The largest absolute Gasteiger partial charge is 0.383 e. The number of nitrogens with one attached hydrogen (secondary N) is 2. The SMILES string of the molecule is CC(C)c1cccc(C(C)C)c1NCCN(C)CCNc1c(C(C)C)cccc1C(C)C.[Co]. The van der Waals surface area contributed by atoms with E-state index in [-0.39, 0.29) is 16.8 Å². The summed E-state index contributed by atoms with van der Waals surface area (Å²) in [6, 6.07) is 13.5. The van der Waals surface area contributed by atoms with Crippen LogP contribution < -0.4 is 10.6 Å². The average molecular weight is 497 g/mol. The van der Waals surface area contributed by atoms with Gasteiger partial charge in [0, 0.05) is 54.3 Å². The molecular weight excluding hydrogens is 449 g/mol. The number of nitrogens with zero attached hydrogens (tertiary/aromatic N) is 1. The van der Waals surface area contributed by atoms with Crippen LogP contribution in [0.2, 0.25) is 0 Å². The third kappa shape index (κ3) is 8.34. The topological polar surface area (TPSA) is 27.3 Å². The van der Waals surface area contributed by atoms with Crippen LogP contribution >= 0.6 is 0 Å². The fraction of sp³-hybridized carbons (Fsp3) is 0.586. The Labute approximate surface area is 214 Å². The Balaban J connectivity index is 0.00000544. The number of rotatable bonds is 12. The molecule has 0 amide bonds. The fourth-order valence-electron chi connectivity index (χ4n) is 4.37. The van der Waals surface area contributed by atoms with Crippen molar-refractivity contribution < 1.29 is 16.8 Å². The van der Waals surface area contributed by atoms with E-state index in [0.717, 1.165) is 26.2 Å². The number of hydrogen-bond acceptors (Lipinski definition) is 3. The first kappa shape index (κ1) is 29.5. The standard InChI is InChI=1S/C29H47N3.Co/c1-20(2)24-12-10-13-25(21(3)4)28(24)30-16-18-32(9)19-17-31-29-26(22(5)6)14-11-15-27(29)23(7)8;/h10-15,20-23,30-31H,16-19H2,1-9H3;. The van der Waals surface area contributed by atoms with E-state index in [1.165, 1.54) is 33.6 Å². The number of likely N-dealkylation sites (N-methyl/N-ethyl adjacent to an activating group) is 1. The minimum Gasteiger partial charge on any atom is -0.383 e. The van der Waals surface area contributed by atoms with Crippen LogP contribution in [0.25, 0.3) is 0 Å². The van der Waals surface area contributed by atoms with Gasteiger partial charge in [0.2, 0.25) is 0 Å². The van der Waals surface area contributed by atoms with Gasteiger partial charge in [-0.2, -0.15) is 0 Å². The van der Waals surface area contributed by atoms with Gasteiger partial charge in [-0.1, -0.05) is 91.8 Å². The van der Waals surface area contributed by atoms with Gasteiger partial charge in [-0.25, -0.2) is 0 Å². The van der Waals surface area contributed by atoms with E-state index in [0.29, 0.717) is 23.7 Å². The molecule has 3 nitrogen and oxygen atoms in total. The molecule has 1 radical (unpaired) electrons. The molecule has 0 aromatic heterocycles. The van der Waals surface area contributed by atoms with Crippen molar-refractivity contribution in [3.63, 3.8) is 0 Å². The maximum absolute atomic E-state index is 3.77. The van der Waals surface area contributed by atoms with E-state index >= 15 is 0 Å². The van der Waals surface area contributed by atoms with Gasteiger partial charge in [0.05, 0.1) is 0 Å². The van der Waals surface area contributed by atoms with Gasteiger partial charge in [0.25, 0.3) is 0 Å². The minimum atomic E-state index is 0. The van der Waals surface area contributed by atoms with Crippen LogP contribution in [0, 0.1) is 0 Å². The normalized spacial score (nSPS) is 11.6. The first-order valence-corrected chi connectivity index (χ1v) is 12.5. The molecule has 2 aromatic rings. The first-order valence-electron chi connectivity index (χ1n) is 12.5. The van der Waals surface area contributed by atoms with E-state index in [1.54, 1.807) is 0 Å². The van der Waals surface area contributed by atoms with Crippen LogP contribution in [0.15, 0.2) is 36.4 Å². The molecule has 0 aliphatic carbocycles. The summed E-state index contributed by atoms with van der Waals surface area (Å²) in [6.45, 7) is 22.2. The van der Waals surface area contributed by atoms with Crippen molar-refractivity contribution >= 4 is 11.4 Å². The zero-order chi connectivity index (χ0) is 23.8. The first-order chi connectivity index (χ1) is 15.1. The second-order valence-electron chi connectivity index (χ2n) is 10.4. The third-order valence-electron chi connectivity index (χ3n) is 6.34. The molecule has 0 aliphatic heterocycles. The van der Waals surface area contributed by atoms with Crippen molar-refractivity contribution in [1.29, 1.82) is 0 Å². The molecule has 0 bridgehead atoms. The molecule has 2 aromatic carbocycles. The van der Waals surface area contributed by atoms with Crippen molar-refractivity contribution in [2.75, 3.05) is 43.9 Å². The number of anilines is 2. The van der Waals surface area contributed by atoms with Crippen LogP contribution in [0.1, 0.15) is 101 Å². The molecule has 0 saturated carbocycles. The molecule has 33 heavy (non-hydrogen) atoms. The molecule has 4 heteroatoms.